The van der Waals surface area contributed by atoms with Crippen LogP contribution in [0.4, 0.5) is 0 Å². The molecule has 294 valence electrons. The third kappa shape index (κ3) is 5.55. The maximum atomic E-state index is 9.12. The van der Waals surface area contributed by atoms with Crippen molar-refractivity contribution in [1.82, 2.24) is 24.1 Å². The van der Waals surface area contributed by atoms with E-state index in [1.807, 2.05) is 102 Å². The first-order valence-electron chi connectivity index (χ1n) is 23.3. The number of fused-ring (bicyclic) bond motifs is 9. The van der Waals surface area contributed by atoms with Crippen molar-refractivity contribution >= 4 is 65.6 Å². The highest BCUT2D eigenvalue weighted by Crippen LogP contribution is 2.43. The van der Waals surface area contributed by atoms with Crippen LogP contribution in [-0.2, 0) is 0 Å². The Hall–Kier alpha value is -8.61. The number of hydrogen-bond acceptors (Lipinski definition) is 4. The minimum absolute atomic E-state index is 0.0752. The number of aromatic nitrogens is 5. The monoisotopic (exact) mass is 810 g/mol. The molecule has 0 saturated carbocycles. The highest BCUT2D eigenvalue weighted by atomic mass is 16.3. The largest absolute Gasteiger partial charge is 0.455 e. The van der Waals surface area contributed by atoms with Gasteiger partial charge in [-0.15, -0.1) is 0 Å². The molecule has 0 fully saturated rings. The molecule has 0 aliphatic rings. The molecule has 6 nitrogen and oxygen atoms in total. The molecule has 13 aromatic rings. The molecule has 0 unspecified atom stereocenters. The topological polar surface area (TPSA) is 61.7 Å². The zero-order valence-electron chi connectivity index (χ0n) is 38.5. The highest BCUT2D eigenvalue weighted by Gasteiger charge is 2.24. The van der Waals surface area contributed by atoms with Gasteiger partial charge in [0.1, 0.15) is 11.2 Å². The lowest BCUT2D eigenvalue weighted by atomic mass is 9.97. The van der Waals surface area contributed by atoms with E-state index < -0.39 is 30.2 Å². The van der Waals surface area contributed by atoms with E-state index in [4.69, 9.17) is 26.2 Å². The average molecular weight is 811 g/mol. The molecule has 6 heteroatoms. The van der Waals surface area contributed by atoms with Gasteiger partial charge in [-0.2, -0.15) is 9.97 Å². The summed E-state index contributed by atoms with van der Waals surface area (Å²) in [7, 11) is 0. The van der Waals surface area contributed by atoms with Crippen LogP contribution in [0.3, 0.4) is 0 Å². The van der Waals surface area contributed by atoms with Crippen LogP contribution < -0.4 is 0 Å². The van der Waals surface area contributed by atoms with E-state index >= 15 is 0 Å². The van der Waals surface area contributed by atoms with Crippen molar-refractivity contribution in [2.24, 2.45) is 0 Å². The molecule has 0 amide bonds. The second kappa shape index (κ2) is 14.0. The molecule has 0 spiro atoms. The second-order valence-electron chi connectivity index (χ2n) is 15.6. The summed E-state index contributed by atoms with van der Waals surface area (Å²) in [5, 5.41) is 5.85. The first-order chi connectivity index (χ1) is 33.3. The summed E-state index contributed by atoms with van der Waals surface area (Å²) in [5.41, 5.74) is 10.1. The van der Waals surface area contributed by atoms with Gasteiger partial charge in [-0.1, -0.05) is 170 Å². The predicted octanol–water partition coefficient (Wildman–Crippen LogP) is 14.6. The molecule has 0 atom stereocenters. The van der Waals surface area contributed by atoms with Crippen molar-refractivity contribution in [2.75, 3.05) is 0 Å². The minimum Gasteiger partial charge on any atom is -0.455 e. The Labute approximate surface area is 368 Å². The summed E-state index contributed by atoms with van der Waals surface area (Å²) in [6, 6.07) is 59.4. The van der Waals surface area contributed by atoms with Gasteiger partial charge in [-0.3, -0.25) is 4.57 Å². The maximum Gasteiger partial charge on any atom is 0.238 e. The molecule has 0 aliphatic carbocycles. The SMILES string of the molecule is [2H]c1c([2H])c([2H])c(-c2nc(-c3cc(-n4c5ccccc5c5ccccc54)cc4c3oc3c(-c5cccc(-c6ccccc6)c5)cccc34)nc(-n3c4ccccc4c4ccccc43)n2)c([2H])c1[2H]. The van der Waals surface area contributed by atoms with Crippen molar-refractivity contribution in [3.63, 3.8) is 0 Å². The molecule has 0 radical (unpaired) electrons. The Morgan fingerprint density at radius 1 is 0.365 bits per heavy atom. The van der Waals surface area contributed by atoms with Crippen molar-refractivity contribution in [3.8, 4) is 56.7 Å². The summed E-state index contributed by atoms with van der Waals surface area (Å²) in [4.78, 5) is 15.4. The smallest absolute Gasteiger partial charge is 0.238 e. The molecule has 0 aliphatic heterocycles. The third-order valence-electron chi connectivity index (χ3n) is 12.1. The Morgan fingerprint density at radius 3 is 1.56 bits per heavy atom. The van der Waals surface area contributed by atoms with E-state index in [0.717, 1.165) is 82.3 Å². The quantitative estimate of drug-likeness (QED) is 0.168. The highest BCUT2D eigenvalue weighted by molar-refractivity contribution is 6.15. The molecule has 0 bridgehead atoms. The number of para-hydroxylation sites is 5. The van der Waals surface area contributed by atoms with Gasteiger partial charge in [0.2, 0.25) is 5.95 Å². The van der Waals surface area contributed by atoms with Gasteiger partial charge in [-0.25, -0.2) is 4.98 Å². The summed E-state index contributed by atoms with van der Waals surface area (Å²) in [5.74, 6) is 0.325. The lowest BCUT2D eigenvalue weighted by Crippen LogP contribution is -2.06. The first-order valence-corrected chi connectivity index (χ1v) is 20.8. The Morgan fingerprint density at radius 2 is 0.889 bits per heavy atom. The number of hydrogen-bond donors (Lipinski definition) is 0. The van der Waals surface area contributed by atoms with Gasteiger partial charge in [0.05, 0.1) is 34.5 Å². The number of rotatable bonds is 6. The summed E-state index contributed by atoms with van der Waals surface area (Å²) < 4.78 is 55.3. The van der Waals surface area contributed by atoms with Crippen LogP contribution in [0.2, 0.25) is 0 Å². The van der Waals surface area contributed by atoms with Crippen LogP contribution >= 0.6 is 0 Å². The fourth-order valence-corrected chi connectivity index (χ4v) is 9.30. The summed E-state index contributed by atoms with van der Waals surface area (Å²) >= 11 is 0. The van der Waals surface area contributed by atoms with E-state index in [1.54, 1.807) is 0 Å². The van der Waals surface area contributed by atoms with Crippen LogP contribution in [-0.4, -0.2) is 24.1 Å². The fraction of sp³-hybridized carbons (Fsp3) is 0. The Kier molecular flexibility index (Phi) is 6.75. The molecular formula is C57H35N5O. The summed E-state index contributed by atoms with van der Waals surface area (Å²) in [6.07, 6.45) is 0. The second-order valence-corrected chi connectivity index (χ2v) is 15.6. The van der Waals surface area contributed by atoms with E-state index in [9.17, 15) is 0 Å². The zero-order chi connectivity index (χ0) is 45.8. The van der Waals surface area contributed by atoms with Crippen LogP contribution in [0.5, 0.6) is 0 Å². The van der Waals surface area contributed by atoms with Crippen LogP contribution in [0.25, 0.3) is 122 Å². The molecule has 13 rings (SSSR count). The van der Waals surface area contributed by atoms with Gasteiger partial charge in [0, 0.05) is 49.1 Å². The van der Waals surface area contributed by atoms with Crippen molar-refractivity contribution in [1.29, 1.82) is 0 Å². The lowest BCUT2D eigenvalue weighted by Gasteiger charge is -2.13. The van der Waals surface area contributed by atoms with Crippen LogP contribution in [0.1, 0.15) is 6.85 Å². The van der Waals surface area contributed by atoms with Gasteiger partial charge in [-0.05, 0) is 59.2 Å². The molecule has 0 N–H and O–H groups in total. The average Bonchev–Trinajstić information content (AvgIpc) is 4.05. The lowest BCUT2D eigenvalue weighted by molar-refractivity contribution is 0.670. The normalized spacial score (nSPS) is 12.9. The fourth-order valence-electron chi connectivity index (χ4n) is 9.30. The Bertz CT molecular complexity index is 4100. The van der Waals surface area contributed by atoms with E-state index in [2.05, 4.69) is 89.5 Å². The number of furan rings is 1. The summed E-state index contributed by atoms with van der Waals surface area (Å²) in [6.45, 7) is 0. The molecule has 63 heavy (non-hydrogen) atoms. The third-order valence-corrected chi connectivity index (χ3v) is 12.1. The van der Waals surface area contributed by atoms with E-state index in [1.165, 1.54) is 0 Å². The van der Waals surface area contributed by atoms with Gasteiger partial charge >= 0.3 is 0 Å². The van der Waals surface area contributed by atoms with Gasteiger partial charge < -0.3 is 8.98 Å². The standard InChI is InChI=1S/C57H35N5O/c1-3-17-36(18-4-1)38-21-15-22-39(33-38)41-27-16-28-46-47-34-40(61-49-29-11-7-23-42(49)43-24-8-12-30-50(43)61)35-48(54(47)63-53(41)46)56-58-55(37-19-5-2-6-20-37)59-57(60-56)62-51-31-13-9-25-44(51)45-26-10-14-32-52(45)62/h1-35H/i2D,5D,6D,19D,20D. The van der Waals surface area contributed by atoms with Gasteiger partial charge in [0.15, 0.2) is 11.6 Å². The number of benzene rings is 9. The van der Waals surface area contributed by atoms with Crippen molar-refractivity contribution < 1.29 is 11.3 Å². The minimum atomic E-state index is -0.506. The first kappa shape index (κ1) is 30.4. The molecule has 0 saturated heterocycles. The van der Waals surface area contributed by atoms with E-state index in [-0.39, 0.29) is 23.2 Å². The van der Waals surface area contributed by atoms with Gasteiger partial charge in [0.25, 0.3) is 0 Å². The van der Waals surface area contributed by atoms with Crippen molar-refractivity contribution in [3.05, 3.63) is 212 Å². The zero-order valence-corrected chi connectivity index (χ0v) is 33.5. The Balaban J connectivity index is 1.16. The molecular weight excluding hydrogens is 771 g/mol. The van der Waals surface area contributed by atoms with Crippen LogP contribution in [0.15, 0.2) is 217 Å². The number of nitrogens with zero attached hydrogens (tertiary/aromatic N) is 5. The van der Waals surface area contributed by atoms with E-state index in [0.29, 0.717) is 16.7 Å². The molecule has 9 aromatic carbocycles. The predicted molar refractivity (Wildman–Crippen MR) is 258 cm³/mol. The van der Waals surface area contributed by atoms with Crippen molar-refractivity contribution in [2.45, 2.75) is 0 Å². The molecule has 4 aromatic heterocycles. The maximum absolute atomic E-state index is 9.12. The van der Waals surface area contributed by atoms with Crippen LogP contribution in [0, 0.1) is 0 Å². The molecule has 4 heterocycles.